The number of carbonyl (C=O) groups is 5. The zero-order chi connectivity index (χ0) is 65.2. The fourth-order valence-corrected chi connectivity index (χ4v) is 7.95. The molecule has 0 saturated carbocycles. The minimum atomic E-state index is -0.371. The molecule has 490 valence electrons. The van der Waals surface area contributed by atoms with E-state index in [4.69, 9.17) is 33.2 Å². The van der Waals surface area contributed by atoms with Crippen molar-refractivity contribution in [1.29, 1.82) is 0 Å². The van der Waals surface area contributed by atoms with Gasteiger partial charge in [-0.3, -0.25) is 14.4 Å². The van der Waals surface area contributed by atoms with E-state index >= 15 is 0 Å². The number of hydrogen-bond donors (Lipinski definition) is 3. The van der Waals surface area contributed by atoms with Gasteiger partial charge in [0.1, 0.15) is 35.9 Å². The summed E-state index contributed by atoms with van der Waals surface area (Å²) in [4.78, 5) is 57.0. The molecule has 2 atom stereocenters. The number of hydrogen-bond acceptors (Lipinski definition) is 17. The molecular formula is C71H104N6O12. The normalized spacial score (nSPS) is 10.9. The van der Waals surface area contributed by atoms with Gasteiger partial charge in [-0.1, -0.05) is 150 Å². The number of unbranched alkanes of at least 4 members (excludes halogenated alkanes) is 2. The first-order valence-corrected chi connectivity index (χ1v) is 31.2. The summed E-state index contributed by atoms with van der Waals surface area (Å²) in [6, 6.07) is 33.6. The summed E-state index contributed by atoms with van der Waals surface area (Å²) < 4.78 is 39.3. The Balaban J connectivity index is 0.000000557. The lowest BCUT2D eigenvalue weighted by Crippen LogP contribution is -2.43. The van der Waals surface area contributed by atoms with Crippen LogP contribution in [0.1, 0.15) is 164 Å². The number of benzene rings is 5. The smallest absolute Gasteiger partial charge is 0.328 e. The van der Waals surface area contributed by atoms with Crippen LogP contribution < -0.4 is 49.1 Å². The van der Waals surface area contributed by atoms with Crippen LogP contribution in [0.4, 0.5) is 0 Å². The number of likely N-dealkylation sites (N-methyl/N-ethyl adjacent to an activating group) is 3. The van der Waals surface area contributed by atoms with Gasteiger partial charge >= 0.3 is 29.8 Å². The molecule has 0 bridgehead atoms. The number of esters is 5. The van der Waals surface area contributed by atoms with Gasteiger partial charge in [0.15, 0.2) is 23.0 Å². The summed E-state index contributed by atoms with van der Waals surface area (Å²) in [5.74, 6) is 2.79. The van der Waals surface area contributed by atoms with Crippen LogP contribution in [-0.4, -0.2) is 89.7 Å². The van der Waals surface area contributed by atoms with Crippen molar-refractivity contribution in [1.82, 2.24) is 30.9 Å². The van der Waals surface area contributed by atoms with Crippen LogP contribution >= 0.6 is 0 Å². The maximum absolute atomic E-state index is 12.0. The largest absolute Gasteiger partial charge is 0.490 e. The second kappa shape index (κ2) is 46.2. The van der Waals surface area contributed by atoms with Crippen molar-refractivity contribution in [3.05, 3.63) is 149 Å². The van der Waals surface area contributed by atoms with Gasteiger partial charge in [0.2, 0.25) is 0 Å². The summed E-state index contributed by atoms with van der Waals surface area (Å²) in [6.45, 7) is 33.3. The second-order valence-corrected chi connectivity index (χ2v) is 20.5. The Kier molecular flexibility index (Phi) is 41.1. The topological polar surface area (TPSA) is 217 Å². The molecule has 1 heterocycles. The van der Waals surface area contributed by atoms with Crippen molar-refractivity contribution in [2.24, 2.45) is 5.92 Å². The van der Waals surface area contributed by atoms with Gasteiger partial charge in [0.25, 0.3) is 0 Å². The molecule has 0 saturated heterocycles. The van der Waals surface area contributed by atoms with Crippen molar-refractivity contribution < 1.29 is 57.1 Å². The maximum Gasteiger partial charge on any atom is 0.328 e. The van der Waals surface area contributed by atoms with Crippen LogP contribution in [0.5, 0.6) is 40.2 Å². The number of rotatable bonds is 29. The quantitative estimate of drug-likeness (QED) is 0.0226. The fourth-order valence-electron chi connectivity index (χ4n) is 7.95. The molecule has 0 fully saturated rings. The highest BCUT2D eigenvalue weighted by molar-refractivity contribution is 5.79. The Hall–Kier alpha value is -7.93. The summed E-state index contributed by atoms with van der Waals surface area (Å²) in [7, 11) is 0. The lowest BCUT2D eigenvalue weighted by atomic mass is 10.0. The van der Waals surface area contributed by atoms with E-state index in [9.17, 15) is 24.0 Å². The van der Waals surface area contributed by atoms with E-state index in [0.717, 1.165) is 88.8 Å². The first kappa shape index (κ1) is 79.1. The SMILES string of the molecule is C.CCCCCOc1cc(CC)ccc1OC(C)=O.CCNC(C(=O)Oc1ccc(CC)cc1)C(C)C.CCNC(C)C(=O)Oc1ccc(CC)cc1.CCNCC(=O)Oc1ccc(CC)cc1.CCc1ccc(OC(C)=O)c(OCc2cnnn2CC)c1. The molecule has 18 heteroatoms. The van der Waals surface area contributed by atoms with Crippen LogP contribution in [-0.2, 0) is 69.2 Å². The standard InChI is InChI=1S/C15H19N3O3.C15H23NO2.C15H22O3.C13H19NO2.C12H17NO2.CH4/c1-4-12-6-7-14(21-11(3)19)15(8-12)20-10-13-9-16-17-18(13)5-2;1-5-12-7-9-13(10-8-12)18-15(17)14(11(3)4)16-6-2;1-4-6-7-10-17-15-11-13(5-2)8-9-14(15)18-12(3)16;1-4-11-6-8-12(9-7-11)16-13(15)10(3)14-5-2;1-3-10-5-7-11(8-6-10)15-12(14)9-13-4-2;/h6-9H,4-5,10H2,1-3H3;7-11,14,16H,5-6H2,1-4H3;8-9,11H,4-7,10H2,1-3H3;6-10,14H,4-5H2,1-3H3;5-8,13H,3-4,9H2,1-2H3;1H4. The summed E-state index contributed by atoms with van der Waals surface area (Å²) in [5.41, 5.74) is 6.87. The molecule has 2 unspecified atom stereocenters. The zero-order valence-corrected chi connectivity index (χ0v) is 55.0. The van der Waals surface area contributed by atoms with E-state index < -0.39 is 0 Å². The predicted molar refractivity (Wildman–Crippen MR) is 354 cm³/mol. The van der Waals surface area contributed by atoms with Gasteiger partial charge in [-0.05, 0) is 166 Å². The molecule has 0 aliphatic rings. The van der Waals surface area contributed by atoms with Crippen LogP contribution in [0, 0.1) is 5.92 Å². The van der Waals surface area contributed by atoms with E-state index in [1.54, 1.807) is 29.9 Å². The Labute approximate surface area is 531 Å². The van der Waals surface area contributed by atoms with Crippen LogP contribution in [0.15, 0.2) is 115 Å². The summed E-state index contributed by atoms with van der Waals surface area (Å²) in [6.07, 6.45) is 9.78. The molecule has 1 aromatic heterocycles. The number of aryl methyl sites for hydroxylation is 6. The van der Waals surface area contributed by atoms with Gasteiger partial charge < -0.3 is 49.1 Å². The average molecular weight is 1230 g/mol. The highest BCUT2D eigenvalue weighted by Crippen LogP contribution is 2.31. The lowest BCUT2D eigenvalue weighted by molar-refractivity contribution is -0.138. The fraction of sp³-hybridized carbons (Fsp3) is 0.479. The Morgan fingerprint density at radius 2 is 0.933 bits per heavy atom. The van der Waals surface area contributed by atoms with Crippen molar-refractivity contribution in [2.75, 3.05) is 32.8 Å². The molecule has 0 radical (unpaired) electrons. The highest BCUT2D eigenvalue weighted by atomic mass is 16.6. The van der Waals surface area contributed by atoms with Crippen LogP contribution in [0.3, 0.4) is 0 Å². The van der Waals surface area contributed by atoms with Crippen LogP contribution in [0.2, 0.25) is 0 Å². The third-order valence-electron chi connectivity index (χ3n) is 13.1. The minimum absolute atomic E-state index is 0. The van der Waals surface area contributed by atoms with Crippen molar-refractivity contribution in [2.45, 2.75) is 188 Å². The molecule has 0 aliphatic carbocycles. The van der Waals surface area contributed by atoms with Gasteiger partial charge in [-0.2, -0.15) is 0 Å². The number of ether oxygens (including phenoxy) is 7. The Morgan fingerprint density at radius 1 is 0.494 bits per heavy atom. The average Bonchev–Trinajstić information content (AvgIpc) is 3.71. The summed E-state index contributed by atoms with van der Waals surface area (Å²) >= 11 is 0. The van der Waals surface area contributed by atoms with E-state index in [0.29, 0.717) is 53.5 Å². The molecular weight excluding hydrogens is 1130 g/mol. The molecule has 89 heavy (non-hydrogen) atoms. The molecule has 18 nitrogen and oxygen atoms in total. The van der Waals surface area contributed by atoms with E-state index in [-0.39, 0.29) is 61.8 Å². The van der Waals surface area contributed by atoms with Crippen LogP contribution in [0.25, 0.3) is 0 Å². The number of carbonyl (C=O) groups excluding carboxylic acids is 5. The first-order valence-electron chi connectivity index (χ1n) is 31.2. The molecule has 5 aromatic carbocycles. The molecule has 0 amide bonds. The van der Waals surface area contributed by atoms with Crippen molar-refractivity contribution in [3.8, 4) is 40.2 Å². The zero-order valence-electron chi connectivity index (χ0n) is 55.0. The lowest BCUT2D eigenvalue weighted by Gasteiger charge is -2.19. The Bertz CT molecular complexity index is 2930. The van der Waals surface area contributed by atoms with Crippen molar-refractivity contribution >= 4 is 29.8 Å². The number of aromatic nitrogens is 3. The van der Waals surface area contributed by atoms with Crippen molar-refractivity contribution in [3.63, 3.8) is 0 Å². The summed E-state index contributed by atoms with van der Waals surface area (Å²) in [5, 5.41) is 16.9. The van der Waals surface area contributed by atoms with Gasteiger partial charge in [0.05, 0.1) is 25.0 Å². The van der Waals surface area contributed by atoms with E-state index in [1.807, 2.05) is 139 Å². The van der Waals surface area contributed by atoms with Gasteiger partial charge in [-0.15, -0.1) is 5.10 Å². The molecule has 3 N–H and O–H groups in total. The van der Waals surface area contributed by atoms with Gasteiger partial charge in [-0.25, -0.2) is 14.3 Å². The van der Waals surface area contributed by atoms with E-state index in [2.05, 4.69) is 67.8 Å². The minimum Gasteiger partial charge on any atom is -0.490 e. The van der Waals surface area contributed by atoms with E-state index in [1.165, 1.54) is 36.1 Å². The maximum atomic E-state index is 12.0. The third-order valence-corrected chi connectivity index (χ3v) is 13.1. The molecule has 0 spiro atoms. The second-order valence-electron chi connectivity index (χ2n) is 20.5. The monoisotopic (exact) mass is 1230 g/mol. The van der Waals surface area contributed by atoms with Gasteiger partial charge in [0, 0.05) is 20.4 Å². The number of nitrogens with zero attached hydrogens (tertiary/aromatic N) is 3. The molecule has 6 rings (SSSR count). The first-order chi connectivity index (χ1) is 42.3. The third kappa shape index (κ3) is 32.2. The molecule has 0 aliphatic heterocycles. The molecule has 6 aromatic rings. The highest BCUT2D eigenvalue weighted by Gasteiger charge is 2.23. The predicted octanol–water partition coefficient (Wildman–Crippen LogP) is 13.4. The number of nitrogens with one attached hydrogen (secondary N) is 3. The Morgan fingerprint density at radius 3 is 1.34 bits per heavy atom.